The maximum atomic E-state index is 9.75. The summed E-state index contributed by atoms with van der Waals surface area (Å²) in [6.45, 7) is 0.971. The van der Waals surface area contributed by atoms with Crippen molar-refractivity contribution in [3.05, 3.63) is 71.4 Å². The number of hydrogen-bond donors (Lipinski definition) is 3. The lowest BCUT2D eigenvalue weighted by Crippen LogP contribution is -2.35. The van der Waals surface area contributed by atoms with Gasteiger partial charge in [0.1, 0.15) is 5.75 Å². The first-order valence-corrected chi connectivity index (χ1v) is 10.1. The van der Waals surface area contributed by atoms with E-state index < -0.39 is 0 Å². The standard InChI is InChI=1S/C24H26N2O.ClH/c27-20-7-8-21-22-13-16(6-9-23(22)26-24(21)15-20)12-19-14-18(10-11-25-19)17-4-2-1-3-5-17;/h1-5,7-8,10,15-16,19,25-27H,6,9,11-14H2;1H. The molecule has 146 valence electrons. The molecule has 0 radical (unpaired) electrons. The second kappa shape index (κ2) is 8.02. The molecule has 2 heterocycles. The van der Waals surface area contributed by atoms with Crippen molar-refractivity contribution < 1.29 is 5.11 Å². The summed E-state index contributed by atoms with van der Waals surface area (Å²) in [6, 6.07) is 17.1. The molecular formula is C24H27ClN2O. The summed E-state index contributed by atoms with van der Waals surface area (Å²) in [5.74, 6) is 1.06. The van der Waals surface area contributed by atoms with Crippen molar-refractivity contribution in [1.82, 2.24) is 10.3 Å². The number of nitrogens with one attached hydrogen (secondary N) is 2. The van der Waals surface area contributed by atoms with E-state index in [0.717, 1.165) is 37.2 Å². The van der Waals surface area contributed by atoms with E-state index in [1.54, 1.807) is 6.07 Å². The van der Waals surface area contributed by atoms with E-state index in [-0.39, 0.29) is 12.4 Å². The Balaban J connectivity index is 0.00000192. The Morgan fingerprint density at radius 1 is 1.04 bits per heavy atom. The number of H-pyrrole nitrogens is 1. The maximum absolute atomic E-state index is 9.75. The van der Waals surface area contributed by atoms with Crippen LogP contribution in [0.15, 0.2) is 54.6 Å². The van der Waals surface area contributed by atoms with Crippen LogP contribution < -0.4 is 5.32 Å². The highest BCUT2D eigenvalue weighted by Crippen LogP contribution is 2.36. The molecule has 28 heavy (non-hydrogen) atoms. The van der Waals surface area contributed by atoms with Gasteiger partial charge in [0.25, 0.3) is 0 Å². The summed E-state index contributed by atoms with van der Waals surface area (Å²) in [5, 5.41) is 14.7. The molecule has 2 aromatic carbocycles. The molecule has 0 spiro atoms. The fourth-order valence-electron chi connectivity index (χ4n) is 4.91. The van der Waals surface area contributed by atoms with Crippen LogP contribution in [0.5, 0.6) is 5.75 Å². The first-order valence-electron chi connectivity index (χ1n) is 10.1. The number of benzene rings is 2. The Bertz CT molecular complexity index is 993. The second-order valence-corrected chi connectivity index (χ2v) is 8.06. The summed E-state index contributed by atoms with van der Waals surface area (Å²) in [4.78, 5) is 3.52. The lowest BCUT2D eigenvalue weighted by molar-refractivity contribution is 0.356. The summed E-state index contributed by atoms with van der Waals surface area (Å²) in [5.41, 5.74) is 6.76. The molecule has 0 amide bonds. The molecule has 0 fully saturated rings. The van der Waals surface area contributed by atoms with Gasteiger partial charge in [0, 0.05) is 35.2 Å². The molecule has 2 aliphatic rings. The number of fused-ring (bicyclic) bond motifs is 3. The molecule has 5 rings (SSSR count). The number of aromatic hydroxyl groups is 1. The number of aromatic amines is 1. The van der Waals surface area contributed by atoms with Crippen molar-refractivity contribution in [3.63, 3.8) is 0 Å². The minimum atomic E-state index is 0. The Kier molecular flexibility index (Phi) is 5.47. The average molecular weight is 395 g/mol. The van der Waals surface area contributed by atoms with E-state index in [1.165, 1.54) is 40.6 Å². The topological polar surface area (TPSA) is 48.0 Å². The number of hydrogen-bond acceptors (Lipinski definition) is 2. The van der Waals surface area contributed by atoms with Crippen molar-refractivity contribution in [2.45, 2.75) is 38.1 Å². The summed E-state index contributed by atoms with van der Waals surface area (Å²) in [7, 11) is 0. The Morgan fingerprint density at radius 2 is 1.89 bits per heavy atom. The fourth-order valence-corrected chi connectivity index (χ4v) is 4.91. The lowest BCUT2D eigenvalue weighted by atomic mass is 9.80. The van der Waals surface area contributed by atoms with Crippen LogP contribution in [0, 0.1) is 5.92 Å². The third-order valence-electron chi connectivity index (χ3n) is 6.26. The van der Waals surface area contributed by atoms with E-state index in [9.17, 15) is 5.11 Å². The van der Waals surface area contributed by atoms with E-state index in [0.29, 0.717) is 11.8 Å². The number of rotatable bonds is 3. The minimum absolute atomic E-state index is 0. The van der Waals surface area contributed by atoms with Crippen molar-refractivity contribution >= 4 is 28.9 Å². The molecule has 1 aliphatic carbocycles. The number of aryl methyl sites for hydroxylation is 1. The molecule has 3 N–H and O–H groups in total. The number of aromatic nitrogens is 1. The largest absolute Gasteiger partial charge is 0.508 e. The van der Waals surface area contributed by atoms with Gasteiger partial charge in [-0.1, -0.05) is 36.4 Å². The predicted octanol–water partition coefficient (Wildman–Crippen LogP) is 5.24. The van der Waals surface area contributed by atoms with Gasteiger partial charge in [0.15, 0.2) is 0 Å². The highest BCUT2D eigenvalue weighted by molar-refractivity contribution is 5.86. The SMILES string of the molecule is Cl.Oc1ccc2c3c([nH]c2c1)CCC(CC1CC(c2ccccc2)=CCN1)C3. The molecule has 2 unspecified atom stereocenters. The zero-order chi connectivity index (χ0) is 18.2. The van der Waals surface area contributed by atoms with Gasteiger partial charge in [-0.25, -0.2) is 0 Å². The van der Waals surface area contributed by atoms with Gasteiger partial charge in [0.05, 0.1) is 0 Å². The van der Waals surface area contributed by atoms with Crippen LogP contribution in [-0.4, -0.2) is 22.7 Å². The summed E-state index contributed by atoms with van der Waals surface area (Å²) < 4.78 is 0. The molecule has 0 saturated carbocycles. The van der Waals surface area contributed by atoms with E-state index in [4.69, 9.17) is 0 Å². The molecule has 0 bridgehead atoms. The van der Waals surface area contributed by atoms with Gasteiger partial charge in [-0.05, 0) is 66.9 Å². The molecule has 1 aliphatic heterocycles. The highest BCUT2D eigenvalue weighted by atomic mass is 35.5. The van der Waals surface area contributed by atoms with Crippen molar-refractivity contribution in [2.75, 3.05) is 6.54 Å². The number of phenols is 1. The smallest absolute Gasteiger partial charge is 0.117 e. The summed E-state index contributed by atoms with van der Waals surface area (Å²) >= 11 is 0. The second-order valence-electron chi connectivity index (χ2n) is 8.06. The third kappa shape index (κ3) is 3.69. The molecule has 2 atom stereocenters. The van der Waals surface area contributed by atoms with E-state index in [2.05, 4.69) is 52.8 Å². The van der Waals surface area contributed by atoms with Crippen LogP contribution in [0.2, 0.25) is 0 Å². The molecule has 0 saturated heterocycles. The van der Waals surface area contributed by atoms with Crippen molar-refractivity contribution in [1.29, 1.82) is 0 Å². The van der Waals surface area contributed by atoms with Gasteiger partial charge in [-0.2, -0.15) is 0 Å². The quantitative estimate of drug-likeness (QED) is 0.569. The van der Waals surface area contributed by atoms with Crippen LogP contribution >= 0.6 is 12.4 Å². The Morgan fingerprint density at radius 3 is 2.75 bits per heavy atom. The third-order valence-corrected chi connectivity index (χ3v) is 6.26. The van der Waals surface area contributed by atoms with Crippen LogP contribution in [0.3, 0.4) is 0 Å². The minimum Gasteiger partial charge on any atom is -0.508 e. The normalized spacial score (nSPS) is 21.6. The Labute approximate surface area is 172 Å². The Hall–Kier alpha value is -2.23. The van der Waals surface area contributed by atoms with Crippen LogP contribution in [0.1, 0.15) is 36.1 Å². The van der Waals surface area contributed by atoms with E-state index in [1.807, 2.05) is 6.07 Å². The molecular weight excluding hydrogens is 368 g/mol. The molecule has 3 nitrogen and oxygen atoms in total. The zero-order valence-corrected chi connectivity index (χ0v) is 16.8. The predicted molar refractivity (Wildman–Crippen MR) is 118 cm³/mol. The van der Waals surface area contributed by atoms with Gasteiger partial charge < -0.3 is 15.4 Å². The zero-order valence-electron chi connectivity index (χ0n) is 15.9. The van der Waals surface area contributed by atoms with Crippen LogP contribution in [0.25, 0.3) is 16.5 Å². The van der Waals surface area contributed by atoms with Crippen molar-refractivity contribution in [3.8, 4) is 5.75 Å². The monoisotopic (exact) mass is 394 g/mol. The average Bonchev–Trinajstić information content (AvgIpc) is 3.06. The fraction of sp³-hybridized carbons (Fsp3) is 0.333. The summed E-state index contributed by atoms with van der Waals surface area (Å²) in [6.07, 6.45) is 8.20. The van der Waals surface area contributed by atoms with E-state index >= 15 is 0 Å². The molecule has 4 heteroatoms. The first kappa shape index (κ1) is 19.1. The maximum Gasteiger partial charge on any atom is 0.117 e. The first-order chi connectivity index (χ1) is 13.3. The van der Waals surface area contributed by atoms with Crippen LogP contribution in [0.4, 0.5) is 0 Å². The number of phenolic OH excluding ortho intramolecular Hbond substituents is 1. The van der Waals surface area contributed by atoms with Gasteiger partial charge >= 0.3 is 0 Å². The molecule has 1 aromatic heterocycles. The lowest BCUT2D eigenvalue weighted by Gasteiger charge is -2.30. The molecule has 3 aromatic rings. The van der Waals surface area contributed by atoms with Crippen LogP contribution in [-0.2, 0) is 12.8 Å². The highest BCUT2D eigenvalue weighted by Gasteiger charge is 2.26. The van der Waals surface area contributed by atoms with Crippen molar-refractivity contribution in [2.24, 2.45) is 5.92 Å². The van der Waals surface area contributed by atoms with Gasteiger partial charge in [-0.15, -0.1) is 12.4 Å². The van der Waals surface area contributed by atoms with Gasteiger partial charge in [-0.3, -0.25) is 0 Å². The number of halogens is 1. The van der Waals surface area contributed by atoms with Gasteiger partial charge in [0.2, 0.25) is 0 Å².